The molecule has 2 aliphatic rings. The lowest BCUT2D eigenvalue weighted by Crippen LogP contribution is -2.63. The van der Waals surface area contributed by atoms with Crippen molar-refractivity contribution in [3.05, 3.63) is 36.5 Å². The van der Waals surface area contributed by atoms with Gasteiger partial charge in [0.25, 0.3) is 5.78 Å². The number of methoxy groups -OCH3 is 1. The molecule has 0 N–H and O–H groups in total. The van der Waals surface area contributed by atoms with Gasteiger partial charge in [0.1, 0.15) is 12.1 Å². The minimum absolute atomic E-state index is 0.469. The van der Waals surface area contributed by atoms with E-state index in [-0.39, 0.29) is 0 Å². The highest BCUT2D eigenvalue weighted by Crippen LogP contribution is 2.25. The van der Waals surface area contributed by atoms with Gasteiger partial charge in [0, 0.05) is 70.9 Å². The van der Waals surface area contributed by atoms with Gasteiger partial charge in [-0.2, -0.15) is 14.6 Å². The summed E-state index contributed by atoms with van der Waals surface area (Å²) >= 11 is 0. The van der Waals surface area contributed by atoms with Gasteiger partial charge in [-0.3, -0.25) is 4.90 Å². The fourth-order valence-electron chi connectivity index (χ4n) is 3.91. The molecule has 0 aromatic carbocycles. The van der Waals surface area contributed by atoms with Gasteiger partial charge in [0.15, 0.2) is 0 Å². The third-order valence-corrected chi connectivity index (χ3v) is 5.43. The van der Waals surface area contributed by atoms with Crippen LogP contribution in [-0.4, -0.2) is 86.9 Å². The third-order valence-electron chi connectivity index (χ3n) is 5.43. The summed E-state index contributed by atoms with van der Waals surface area (Å²) in [5, 5.41) is 4.33. The summed E-state index contributed by atoms with van der Waals surface area (Å²) in [5.41, 5.74) is 0.873. The molecule has 5 heterocycles. The molecular weight excluding hydrogens is 358 g/mol. The second-order valence-electron chi connectivity index (χ2n) is 7.14. The molecule has 5 rings (SSSR count). The summed E-state index contributed by atoms with van der Waals surface area (Å²) in [4.78, 5) is 24.6. The van der Waals surface area contributed by atoms with E-state index >= 15 is 0 Å². The van der Waals surface area contributed by atoms with Crippen molar-refractivity contribution in [3.8, 4) is 0 Å². The van der Waals surface area contributed by atoms with Crippen molar-refractivity contribution in [1.29, 1.82) is 0 Å². The quantitative estimate of drug-likeness (QED) is 0.609. The molecule has 0 atom stereocenters. The Morgan fingerprint density at radius 1 is 1.04 bits per heavy atom. The first-order valence-corrected chi connectivity index (χ1v) is 9.51. The van der Waals surface area contributed by atoms with E-state index in [4.69, 9.17) is 4.74 Å². The summed E-state index contributed by atoms with van der Waals surface area (Å²) in [5.74, 6) is 2.47. The topological polar surface area (TPSA) is 87.8 Å². The lowest BCUT2D eigenvalue weighted by Gasteiger charge is -2.48. The van der Waals surface area contributed by atoms with Gasteiger partial charge in [-0.05, 0) is 6.07 Å². The summed E-state index contributed by atoms with van der Waals surface area (Å²) in [6, 6.07) is 4.45. The Labute approximate surface area is 162 Å². The molecule has 28 heavy (non-hydrogen) atoms. The number of fused-ring (bicyclic) bond motifs is 1. The number of aromatic nitrogens is 6. The Morgan fingerprint density at radius 3 is 2.57 bits per heavy atom. The van der Waals surface area contributed by atoms with E-state index in [1.54, 1.807) is 30.3 Å². The molecule has 0 spiro atoms. The lowest BCUT2D eigenvalue weighted by atomic mass is 10.1. The van der Waals surface area contributed by atoms with Gasteiger partial charge in [0.2, 0.25) is 5.95 Å². The summed E-state index contributed by atoms with van der Waals surface area (Å²) in [7, 11) is 1.68. The first-order chi connectivity index (χ1) is 13.8. The van der Waals surface area contributed by atoms with Crippen LogP contribution >= 0.6 is 0 Å². The molecule has 10 nitrogen and oxygen atoms in total. The van der Waals surface area contributed by atoms with Gasteiger partial charge in [0.05, 0.1) is 12.3 Å². The fraction of sp³-hybridized carbons (Fsp3) is 0.500. The zero-order chi connectivity index (χ0) is 18.9. The maximum atomic E-state index is 5.24. The van der Waals surface area contributed by atoms with E-state index in [0.717, 1.165) is 56.7 Å². The molecule has 10 heteroatoms. The maximum Gasteiger partial charge on any atom is 0.254 e. The first kappa shape index (κ1) is 17.3. The Morgan fingerprint density at radius 2 is 1.82 bits per heavy atom. The highest BCUT2D eigenvalue weighted by Gasteiger charge is 2.35. The molecule has 0 bridgehead atoms. The van der Waals surface area contributed by atoms with Crippen molar-refractivity contribution in [3.63, 3.8) is 0 Å². The number of piperazine rings is 1. The Kier molecular flexibility index (Phi) is 4.49. The molecule has 2 fully saturated rings. The fourth-order valence-corrected chi connectivity index (χ4v) is 3.91. The largest absolute Gasteiger partial charge is 0.378 e. The molecule has 0 radical (unpaired) electrons. The van der Waals surface area contributed by atoms with Crippen LogP contribution in [0.1, 0.15) is 5.69 Å². The normalized spacial score (nSPS) is 18.6. The molecular formula is C18H23N9O. The first-order valence-electron chi connectivity index (χ1n) is 9.51. The average Bonchev–Trinajstić information content (AvgIpc) is 3.17. The number of rotatable bonds is 5. The average molecular weight is 381 g/mol. The van der Waals surface area contributed by atoms with E-state index in [1.807, 2.05) is 12.1 Å². The minimum Gasteiger partial charge on any atom is -0.378 e. The SMILES string of the molecule is COCc1cc(N2CC(N3CCN(c4ncccn4)CC3)C2)n2ncnc2n1. The molecule has 3 aromatic heterocycles. The van der Waals surface area contributed by atoms with Crippen molar-refractivity contribution in [2.45, 2.75) is 12.6 Å². The van der Waals surface area contributed by atoms with E-state index in [0.29, 0.717) is 18.4 Å². The smallest absolute Gasteiger partial charge is 0.254 e. The van der Waals surface area contributed by atoms with Gasteiger partial charge < -0.3 is 14.5 Å². The summed E-state index contributed by atoms with van der Waals surface area (Å²) in [6.45, 7) is 6.40. The van der Waals surface area contributed by atoms with Crippen molar-refractivity contribution < 1.29 is 4.74 Å². The van der Waals surface area contributed by atoms with E-state index < -0.39 is 0 Å². The van der Waals surface area contributed by atoms with Crippen LogP contribution in [0.3, 0.4) is 0 Å². The van der Waals surface area contributed by atoms with Crippen LogP contribution in [0.2, 0.25) is 0 Å². The molecule has 3 aromatic rings. The van der Waals surface area contributed by atoms with Crippen LogP contribution < -0.4 is 9.80 Å². The van der Waals surface area contributed by atoms with Crippen molar-refractivity contribution in [2.24, 2.45) is 0 Å². The molecule has 2 saturated heterocycles. The predicted molar refractivity (Wildman–Crippen MR) is 103 cm³/mol. The number of anilines is 2. The van der Waals surface area contributed by atoms with Crippen molar-refractivity contribution >= 4 is 17.5 Å². The zero-order valence-electron chi connectivity index (χ0n) is 15.8. The van der Waals surface area contributed by atoms with Gasteiger partial charge in [-0.25, -0.2) is 15.0 Å². The second-order valence-corrected chi connectivity index (χ2v) is 7.14. The maximum absolute atomic E-state index is 5.24. The van der Waals surface area contributed by atoms with Gasteiger partial charge >= 0.3 is 0 Å². The summed E-state index contributed by atoms with van der Waals surface area (Å²) < 4.78 is 7.05. The van der Waals surface area contributed by atoms with Crippen LogP contribution in [0.4, 0.5) is 11.8 Å². The molecule has 146 valence electrons. The van der Waals surface area contributed by atoms with Crippen LogP contribution in [0, 0.1) is 0 Å². The van der Waals surface area contributed by atoms with Crippen LogP contribution in [-0.2, 0) is 11.3 Å². The minimum atomic E-state index is 0.469. The lowest BCUT2D eigenvalue weighted by molar-refractivity contribution is 0.155. The predicted octanol–water partition coefficient (Wildman–Crippen LogP) is 0.0715. The standard InChI is InChI=1S/C18H23N9O/c1-28-12-14-9-16(27-18(23-14)21-13-22-27)26-10-15(11-26)24-5-7-25(8-6-24)17-19-3-2-4-20-17/h2-4,9,13,15H,5-8,10-12H2,1H3. The van der Waals surface area contributed by atoms with Gasteiger partial charge in [-0.15, -0.1) is 0 Å². The number of nitrogens with zero attached hydrogens (tertiary/aromatic N) is 9. The zero-order valence-corrected chi connectivity index (χ0v) is 15.8. The number of hydrogen-bond donors (Lipinski definition) is 0. The molecule has 0 unspecified atom stereocenters. The highest BCUT2D eigenvalue weighted by atomic mass is 16.5. The number of hydrogen-bond acceptors (Lipinski definition) is 9. The van der Waals surface area contributed by atoms with Crippen molar-refractivity contribution in [2.75, 3.05) is 56.2 Å². The van der Waals surface area contributed by atoms with Gasteiger partial charge in [-0.1, -0.05) is 0 Å². The molecule has 0 amide bonds. The molecule has 0 aliphatic carbocycles. The Bertz CT molecular complexity index is 933. The van der Waals surface area contributed by atoms with E-state index in [9.17, 15) is 0 Å². The Balaban J connectivity index is 1.23. The van der Waals surface area contributed by atoms with Crippen LogP contribution in [0.25, 0.3) is 5.78 Å². The highest BCUT2D eigenvalue weighted by molar-refractivity contribution is 5.50. The van der Waals surface area contributed by atoms with E-state index in [1.165, 1.54) is 0 Å². The third kappa shape index (κ3) is 3.14. The van der Waals surface area contributed by atoms with Crippen LogP contribution in [0.5, 0.6) is 0 Å². The second kappa shape index (κ2) is 7.28. The van der Waals surface area contributed by atoms with Crippen molar-refractivity contribution in [1.82, 2.24) is 34.4 Å². The molecule has 2 aliphatic heterocycles. The monoisotopic (exact) mass is 381 g/mol. The Hall–Kier alpha value is -2.85. The van der Waals surface area contributed by atoms with Crippen LogP contribution in [0.15, 0.2) is 30.9 Å². The number of ether oxygens (including phenoxy) is 1. The molecule has 0 saturated carbocycles. The summed E-state index contributed by atoms with van der Waals surface area (Å²) in [6.07, 6.45) is 5.15. The van der Waals surface area contributed by atoms with E-state index in [2.05, 4.69) is 39.7 Å².